The molecule has 0 saturated carbocycles. The van der Waals surface area contributed by atoms with Crippen molar-refractivity contribution >= 4 is 24.1 Å². The van der Waals surface area contributed by atoms with E-state index in [4.69, 9.17) is 0 Å². The SMILES string of the molecule is CCOC(=O)NN=C/C=C/c1ccccc1[N+](=O)[O-]. The van der Waals surface area contributed by atoms with E-state index in [0.717, 1.165) is 0 Å². The number of nitro groups is 1. The molecule has 0 atom stereocenters. The molecule has 0 spiro atoms. The Hall–Kier alpha value is -2.70. The zero-order valence-corrected chi connectivity index (χ0v) is 10.3. The van der Waals surface area contributed by atoms with Crippen LogP contribution >= 0.6 is 0 Å². The number of carbonyl (C=O) groups is 1. The molecule has 1 aromatic carbocycles. The molecule has 1 rings (SSSR count). The molecule has 1 amide bonds. The van der Waals surface area contributed by atoms with Gasteiger partial charge in [-0.25, -0.2) is 10.2 Å². The van der Waals surface area contributed by atoms with Crippen LogP contribution in [-0.2, 0) is 4.74 Å². The molecule has 100 valence electrons. The van der Waals surface area contributed by atoms with Crippen molar-refractivity contribution < 1.29 is 14.5 Å². The quantitative estimate of drug-likeness (QED) is 0.501. The van der Waals surface area contributed by atoms with Gasteiger partial charge < -0.3 is 4.74 Å². The first-order chi connectivity index (χ1) is 9.15. The van der Waals surface area contributed by atoms with Gasteiger partial charge in [-0.15, -0.1) is 0 Å². The summed E-state index contributed by atoms with van der Waals surface area (Å²) in [5.74, 6) is 0. The van der Waals surface area contributed by atoms with Crippen LogP contribution in [0.3, 0.4) is 0 Å². The monoisotopic (exact) mass is 263 g/mol. The Morgan fingerprint density at radius 3 is 2.95 bits per heavy atom. The third-order valence-corrected chi connectivity index (χ3v) is 2.00. The smallest absolute Gasteiger partial charge is 0.427 e. The van der Waals surface area contributed by atoms with Gasteiger partial charge in [0.1, 0.15) is 0 Å². The van der Waals surface area contributed by atoms with Gasteiger partial charge in [0.05, 0.1) is 17.1 Å². The molecule has 1 N–H and O–H groups in total. The van der Waals surface area contributed by atoms with Gasteiger partial charge in [0.25, 0.3) is 5.69 Å². The van der Waals surface area contributed by atoms with Crippen molar-refractivity contribution in [1.29, 1.82) is 0 Å². The average molecular weight is 263 g/mol. The first kappa shape index (κ1) is 14.4. The molecule has 0 aliphatic carbocycles. The van der Waals surface area contributed by atoms with E-state index in [0.29, 0.717) is 5.56 Å². The van der Waals surface area contributed by atoms with Gasteiger partial charge in [-0.05, 0) is 25.1 Å². The number of rotatable bonds is 5. The van der Waals surface area contributed by atoms with Crippen LogP contribution in [0, 0.1) is 10.1 Å². The van der Waals surface area contributed by atoms with E-state index in [9.17, 15) is 14.9 Å². The van der Waals surface area contributed by atoms with E-state index in [2.05, 4.69) is 15.3 Å². The van der Waals surface area contributed by atoms with Crippen molar-refractivity contribution in [3.05, 3.63) is 46.0 Å². The summed E-state index contributed by atoms with van der Waals surface area (Å²) in [5.41, 5.74) is 2.59. The molecule has 0 bridgehead atoms. The van der Waals surface area contributed by atoms with Crippen LogP contribution in [0.1, 0.15) is 12.5 Å². The van der Waals surface area contributed by atoms with Gasteiger partial charge in [0.2, 0.25) is 0 Å². The summed E-state index contributed by atoms with van der Waals surface area (Å²) in [7, 11) is 0. The maximum Gasteiger partial charge on any atom is 0.427 e. The number of nitro benzene ring substituents is 1. The van der Waals surface area contributed by atoms with Crippen LogP contribution in [0.15, 0.2) is 35.4 Å². The van der Waals surface area contributed by atoms with Gasteiger partial charge in [0.15, 0.2) is 0 Å². The van der Waals surface area contributed by atoms with E-state index in [1.165, 1.54) is 24.4 Å². The van der Waals surface area contributed by atoms with E-state index in [1.807, 2.05) is 0 Å². The van der Waals surface area contributed by atoms with Gasteiger partial charge in [0, 0.05) is 12.3 Å². The fourth-order valence-corrected chi connectivity index (χ4v) is 1.24. The van der Waals surface area contributed by atoms with Gasteiger partial charge >= 0.3 is 6.09 Å². The number of para-hydroxylation sites is 1. The summed E-state index contributed by atoms with van der Waals surface area (Å²) >= 11 is 0. The largest absolute Gasteiger partial charge is 0.449 e. The summed E-state index contributed by atoms with van der Waals surface area (Å²) in [5, 5.41) is 14.3. The molecule has 19 heavy (non-hydrogen) atoms. The normalized spacial score (nSPS) is 10.8. The lowest BCUT2D eigenvalue weighted by atomic mass is 10.2. The second kappa shape index (κ2) is 7.59. The summed E-state index contributed by atoms with van der Waals surface area (Å²) in [6, 6.07) is 6.31. The van der Waals surface area contributed by atoms with Crippen molar-refractivity contribution in [2.24, 2.45) is 5.10 Å². The highest BCUT2D eigenvalue weighted by molar-refractivity contribution is 5.80. The lowest BCUT2D eigenvalue weighted by Gasteiger charge is -1.97. The topological polar surface area (TPSA) is 93.8 Å². The lowest BCUT2D eigenvalue weighted by molar-refractivity contribution is -0.385. The number of ether oxygens (including phenoxy) is 1. The molecule has 0 aliphatic heterocycles. The van der Waals surface area contributed by atoms with Crippen molar-refractivity contribution in [1.82, 2.24) is 5.43 Å². The highest BCUT2D eigenvalue weighted by Gasteiger charge is 2.08. The second-order valence-corrected chi connectivity index (χ2v) is 3.29. The Balaban J connectivity index is 2.60. The maximum atomic E-state index is 10.9. The number of hydrazone groups is 1. The number of hydrogen-bond acceptors (Lipinski definition) is 5. The highest BCUT2D eigenvalue weighted by atomic mass is 16.6. The van der Waals surface area contributed by atoms with E-state index in [-0.39, 0.29) is 12.3 Å². The van der Waals surface area contributed by atoms with Crippen LogP contribution in [0.25, 0.3) is 6.08 Å². The van der Waals surface area contributed by atoms with Crippen LogP contribution in [-0.4, -0.2) is 23.8 Å². The predicted molar refractivity (Wildman–Crippen MR) is 70.8 cm³/mol. The third kappa shape index (κ3) is 4.99. The predicted octanol–water partition coefficient (Wildman–Crippen LogP) is 2.34. The van der Waals surface area contributed by atoms with Crippen molar-refractivity contribution in [3.63, 3.8) is 0 Å². The van der Waals surface area contributed by atoms with Crippen LogP contribution in [0.5, 0.6) is 0 Å². The first-order valence-electron chi connectivity index (χ1n) is 5.51. The van der Waals surface area contributed by atoms with Gasteiger partial charge in [-0.2, -0.15) is 5.10 Å². The van der Waals surface area contributed by atoms with Crippen LogP contribution < -0.4 is 5.43 Å². The van der Waals surface area contributed by atoms with Crippen molar-refractivity contribution in [2.75, 3.05) is 6.61 Å². The average Bonchev–Trinajstić information content (AvgIpc) is 2.39. The number of nitrogens with one attached hydrogen (secondary N) is 1. The number of hydrogen-bond donors (Lipinski definition) is 1. The number of allylic oxidation sites excluding steroid dienone is 1. The second-order valence-electron chi connectivity index (χ2n) is 3.29. The first-order valence-corrected chi connectivity index (χ1v) is 5.51. The van der Waals surface area contributed by atoms with E-state index >= 15 is 0 Å². The van der Waals surface area contributed by atoms with Crippen molar-refractivity contribution in [3.8, 4) is 0 Å². The highest BCUT2D eigenvalue weighted by Crippen LogP contribution is 2.18. The molecule has 0 fully saturated rings. The molecule has 0 saturated heterocycles. The fraction of sp³-hybridized carbons (Fsp3) is 0.167. The summed E-state index contributed by atoms with van der Waals surface area (Å²) < 4.78 is 4.58. The van der Waals surface area contributed by atoms with Gasteiger partial charge in [-0.3, -0.25) is 10.1 Å². The maximum absolute atomic E-state index is 10.9. The van der Waals surface area contributed by atoms with Crippen LogP contribution in [0.4, 0.5) is 10.5 Å². The molecular weight excluding hydrogens is 250 g/mol. The molecule has 1 aromatic rings. The Kier molecular flexibility index (Phi) is 5.74. The molecule has 0 radical (unpaired) electrons. The number of carbonyl (C=O) groups excluding carboxylic acids is 1. The molecule has 7 heteroatoms. The number of benzene rings is 1. The molecule has 7 nitrogen and oxygen atoms in total. The Morgan fingerprint density at radius 1 is 1.53 bits per heavy atom. The molecule has 0 unspecified atom stereocenters. The molecular formula is C12H13N3O4. The summed E-state index contributed by atoms with van der Waals surface area (Å²) in [6.45, 7) is 1.94. The summed E-state index contributed by atoms with van der Waals surface area (Å²) in [6.07, 6.45) is 3.65. The number of nitrogens with zero attached hydrogens (tertiary/aromatic N) is 2. The fourth-order valence-electron chi connectivity index (χ4n) is 1.24. The Bertz CT molecular complexity index is 511. The number of amides is 1. The van der Waals surface area contributed by atoms with E-state index in [1.54, 1.807) is 25.1 Å². The zero-order chi connectivity index (χ0) is 14.1. The third-order valence-electron chi connectivity index (χ3n) is 2.00. The van der Waals surface area contributed by atoms with E-state index < -0.39 is 11.0 Å². The molecule has 0 aromatic heterocycles. The van der Waals surface area contributed by atoms with Crippen LogP contribution in [0.2, 0.25) is 0 Å². The van der Waals surface area contributed by atoms with Crippen molar-refractivity contribution in [2.45, 2.75) is 6.92 Å². The molecule has 0 aliphatic rings. The van der Waals surface area contributed by atoms with Gasteiger partial charge in [-0.1, -0.05) is 12.1 Å². The Labute approximate surface area is 109 Å². The minimum absolute atomic E-state index is 0.00509. The standard InChI is InChI=1S/C12H13N3O4/c1-2-19-12(16)14-13-9-5-7-10-6-3-4-8-11(10)15(17)18/h3-9H,2H2,1H3,(H,14,16)/b7-5+,13-9?. The Morgan fingerprint density at radius 2 is 2.26 bits per heavy atom. The lowest BCUT2D eigenvalue weighted by Crippen LogP contribution is -2.18. The minimum Gasteiger partial charge on any atom is -0.449 e. The zero-order valence-electron chi connectivity index (χ0n) is 10.3. The molecule has 0 heterocycles. The summed E-state index contributed by atoms with van der Waals surface area (Å²) in [4.78, 5) is 21.1. The minimum atomic E-state index is -0.655.